The van der Waals surface area contributed by atoms with Gasteiger partial charge in [-0.2, -0.15) is 14.4 Å². The second-order valence-electron chi connectivity index (χ2n) is 4.47. The molecule has 3 rings (SSSR count). The summed E-state index contributed by atoms with van der Waals surface area (Å²) in [5.74, 6) is -0.0945. The van der Waals surface area contributed by atoms with Gasteiger partial charge in [-0.25, -0.2) is 4.98 Å². The summed E-state index contributed by atoms with van der Waals surface area (Å²) in [5, 5.41) is 19.9. The van der Waals surface area contributed by atoms with E-state index in [9.17, 15) is 14.6 Å². The Kier molecular flexibility index (Phi) is 3.27. The van der Waals surface area contributed by atoms with Gasteiger partial charge in [-0.1, -0.05) is 22.6 Å². The molecule has 8 nitrogen and oxygen atoms in total. The number of hydrogen-bond donors (Lipinski definition) is 3. The highest BCUT2D eigenvalue weighted by Gasteiger charge is 2.50. The summed E-state index contributed by atoms with van der Waals surface area (Å²) < 4.78 is 20.6. The maximum atomic E-state index is 13.3. The van der Waals surface area contributed by atoms with Gasteiger partial charge in [0, 0.05) is 0 Å². The van der Waals surface area contributed by atoms with Crippen LogP contribution in [0.5, 0.6) is 0 Å². The molecular formula is C10H11FIN5O3. The summed E-state index contributed by atoms with van der Waals surface area (Å²) in [6.45, 7) is -0.0348. The van der Waals surface area contributed by atoms with Crippen LogP contribution in [-0.2, 0) is 10.5 Å². The molecule has 1 fully saturated rings. The summed E-state index contributed by atoms with van der Waals surface area (Å²) in [6.07, 6.45) is -1.87. The normalized spacial score (nSPS) is 30.2. The fourth-order valence-corrected chi connectivity index (χ4v) is 3.31. The molecule has 2 aromatic rings. The minimum Gasteiger partial charge on any atom is -0.388 e. The van der Waals surface area contributed by atoms with Crippen molar-refractivity contribution in [2.45, 2.75) is 17.9 Å². The number of aliphatic hydroxyl groups is 2. The van der Waals surface area contributed by atoms with Gasteiger partial charge >= 0.3 is 6.08 Å². The Morgan fingerprint density at radius 1 is 1.55 bits per heavy atom. The van der Waals surface area contributed by atoms with E-state index in [0.717, 1.165) is 0 Å². The lowest BCUT2D eigenvalue weighted by atomic mass is 10.1. The van der Waals surface area contributed by atoms with Crippen LogP contribution in [0.25, 0.3) is 11.2 Å². The number of aromatic nitrogens is 4. The van der Waals surface area contributed by atoms with Crippen molar-refractivity contribution < 1.29 is 19.3 Å². The smallest absolute Gasteiger partial charge is 0.312 e. The standard InChI is InChI=1S/C10H11FIN5O3/c11-9-15-7(13)5-8(16-9)17(3-14-5)10(2-12)6(19)4(18)1-20-10/h3-4,6,18-19H,1-2H2,(H2,13,15,16)/t4-,6-,10-/m0/s1. The number of nitrogens with zero attached hydrogens (tertiary/aromatic N) is 4. The fraction of sp³-hybridized carbons (Fsp3) is 0.500. The maximum Gasteiger partial charge on any atom is 0.312 e. The average molecular weight is 395 g/mol. The third-order valence-electron chi connectivity index (χ3n) is 3.33. The van der Waals surface area contributed by atoms with Crippen LogP contribution in [-0.4, -0.2) is 53.0 Å². The highest BCUT2D eigenvalue weighted by Crippen LogP contribution is 2.36. The van der Waals surface area contributed by atoms with Gasteiger partial charge in [0.05, 0.1) is 17.4 Å². The van der Waals surface area contributed by atoms with Crippen LogP contribution in [0.15, 0.2) is 6.33 Å². The highest BCUT2D eigenvalue weighted by molar-refractivity contribution is 14.1. The third kappa shape index (κ3) is 1.78. The number of fused-ring (bicyclic) bond motifs is 1. The molecule has 1 aliphatic rings. The largest absolute Gasteiger partial charge is 0.388 e. The molecule has 20 heavy (non-hydrogen) atoms. The Bertz CT molecular complexity index is 668. The van der Waals surface area contributed by atoms with Gasteiger partial charge in [0.15, 0.2) is 22.7 Å². The van der Waals surface area contributed by atoms with Crippen LogP contribution in [0, 0.1) is 6.08 Å². The Morgan fingerprint density at radius 3 is 2.90 bits per heavy atom. The van der Waals surface area contributed by atoms with Crippen molar-refractivity contribution >= 4 is 39.6 Å². The molecule has 4 N–H and O–H groups in total. The second kappa shape index (κ2) is 4.72. The third-order valence-corrected chi connectivity index (χ3v) is 4.42. The fourth-order valence-electron chi connectivity index (χ4n) is 2.27. The number of imidazole rings is 1. The molecule has 0 spiro atoms. The van der Waals surface area contributed by atoms with E-state index >= 15 is 0 Å². The first kappa shape index (κ1) is 13.9. The molecule has 0 amide bonds. The van der Waals surface area contributed by atoms with Gasteiger partial charge in [0.2, 0.25) is 0 Å². The van der Waals surface area contributed by atoms with E-state index in [1.807, 2.05) is 22.6 Å². The van der Waals surface area contributed by atoms with Crippen LogP contribution in [0.2, 0.25) is 0 Å². The predicted octanol–water partition coefficient (Wildman–Crippen LogP) is -0.613. The molecule has 0 aromatic carbocycles. The first-order valence-electron chi connectivity index (χ1n) is 5.72. The molecule has 0 bridgehead atoms. The lowest BCUT2D eigenvalue weighted by Gasteiger charge is -2.31. The number of aliphatic hydroxyl groups excluding tert-OH is 2. The van der Waals surface area contributed by atoms with Crippen LogP contribution in [0.1, 0.15) is 0 Å². The van der Waals surface area contributed by atoms with Crippen LogP contribution < -0.4 is 5.73 Å². The second-order valence-corrected chi connectivity index (χ2v) is 5.23. The van der Waals surface area contributed by atoms with Crippen molar-refractivity contribution in [3.05, 3.63) is 12.4 Å². The predicted molar refractivity (Wildman–Crippen MR) is 74.5 cm³/mol. The maximum absolute atomic E-state index is 13.3. The molecule has 3 heterocycles. The highest BCUT2D eigenvalue weighted by atomic mass is 127. The van der Waals surface area contributed by atoms with Crippen molar-refractivity contribution in [3.63, 3.8) is 0 Å². The quantitative estimate of drug-likeness (QED) is 0.353. The SMILES string of the molecule is Nc1nc(F)nc2c1ncn2[C@@]1(CI)OC[C@H](O)[C@@H]1O. The number of ether oxygens (including phenoxy) is 1. The number of hydrogen-bond acceptors (Lipinski definition) is 7. The van der Waals surface area contributed by atoms with E-state index in [4.69, 9.17) is 10.5 Å². The van der Waals surface area contributed by atoms with Gasteiger partial charge in [-0.15, -0.1) is 0 Å². The summed E-state index contributed by atoms with van der Waals surface area (Å²) in [7, 11) is 0. The lowest BCUT2D eigenvalue weighted by Crippen LogP contribution is -2.47. The number of halogens is 2. The summed E-state index contributed by atoms with van der Waals surface area (Å²) >= 11 is 2.01. The molecule has 108 valence electrons. The van der Waals surface area contributed by atoms with E-state index in [1.54, 1.807) is 0 Å². The van der Waals surface area contributed by atoms with Gasteiger partial charge in [-0.05, 0) is 0 Å². The topological polar surface area (TPSA) is 119 Å². The monoisotopic (exact) mass is 395 g/mol. The van der Waals surface area contributed by atoms with E-state index in [1.165, 1.54) is 10.9 Å². The Balaban J connectivity index is 2.23. The van der Waals surface area contributed by atoms with Gasteiger partial charge < -0.3 is 20.7 Å². The van der Waals surface area contributed by atoms with Crippen molar-refractivity contribution in [3.8, 4) is 0 Å². The Morgan fingerprint density at radius 2 is 2.30 bits per heavy atom. The van der Waals surface area contributed by atoms with E-state index in [-0.39, 0.29) is 23.6 Å². The van der Waals surface area contributed by atoms with Crippen LogP contribution >= 0.6 is 22.6 Å². The molecule has 1 aliphatic heterocycles. The molecule has 3 atom stereocenters. The first-order valence-corrected chi connectivity index (χ1v) is 7.25. The van der Waals surface area contributed by atoms with Crippen molar-refractivity contribution in [2.24, 2.45) is 0 Å². The molecule has 0 aliphatic carbocycles. The van der Waals surface area contributed by atoms with E-state index in [0.29, 0.717) is 4.43 Å². The summed E-state index contributed by atoms with van der Waals surface area (Å²) in [6, 6.07) is 0. The van der Waals surface area contributed by atoms with Crippen molar-refractivity contribution in [2.75, 3.05) is 16.8 Å². The molecular weight excluding hydrogens is 384 g/mol. The van der Waals surface area contributed by atoms with Gasteiger partial charge in [0.25, 0.3) is 0 Å². The van der Waals surface area contributed by atoms with Crippen LogP contribution in [0.3, 0.4) is 0 Å². The molecule has 0 saturated carbocycles. The van der Waals surface area contributed by atoms with E-state index in [2.05, 4.69) is 15.0 Å². The van der Waals surface area contributed by atoms with Crippen molar-refractivity contribution in [1.82, 2.24) is 19.5 Å². The minimum absolute atomic E-state index is 0.0348. The van der Waals surface area contributed by atoms with Gasteiger partial charge in [-0.3, -0.25) is 4.57 Å². The lowest BCUT2D eigenvalue weighted by molar-refractivity contribution is -0.101. The molecule has 10 heteroatoms. The van der Waals surface area contributed by atoms with Gasteiger partial charge in [0.1, 0.15) is 12.2 Å². The Labute approximate surface area is 125 Å². The average Bonchev–Trinajstić information content (AvgIpc) is 2.94. The number of nitrogens with two attached hydrogens (primary N) is 1. The molecule has 0 radical (unpaired) electrons. The summed E-state index contributed by atoms with van der Waals surface area (Å²) in [5.41, 5.74) is 4.66. The van der Waals surface area contributed by atoms with Crippen molar-refractivity contribution in [1.29, 1.82) is 0 Å². The van der Waals surface area contributed by atoms with Crippen LogP contribution in [0.4, 0.5) is 10.2 Å². The van der Waals surface area contributed by atoms with E-state index < -0.39 is 24.0 Å². The first-order chi connectivity index (χ1) is 9.49. The minimum atomic E-state index is -1.26. The Hall–Kier alpha value is -1.11. The number of anilines is 1. The number of nitrogen functional groups attached to an aromatic ring is 1. The number of alkyl halides is 1. The zero-order valence-corrected chi connectivity index (χ0v) is 12.2. The molecule has 1 saturated heterocycles. The summed E-state index contributed by atoms with van der Waals surface area (Å²) in [4.78, 5) is 11.1. The zero-order chi connectivity index (χ0) is 14.5. The zero-order valence-electron chi connectivity index (χ0n) is 10.1. The molecule has 2 aromatic heterocycles. The molecule has 0 unspecified atom stereocenters. The number of rotatable bonds is 2.